The van der Waals surface area contributed by atoms with Crippen LogP contribution in [-0.2, 0) is 0 Å². The molecule has 0 aliphatic heterocycles. The third kappa shape index (κ3) is 4.30. The Morgan fingerprint density at radius 3 is 2.65 bits per heavy atom. The lowest BCUT2D eigenvalue weighted by atomic mass is 9.79. The summed E-state index contributed by atoms with van der Waals surface area (Å²) in [6.07, 6.45) is 7.04. The average Bonchev–Trinajstić information content (AvgIpc) is 2.57. The van der Waals surface area contributed by atoms with Crippen LogP contribution in [-0.4, -0.2) is 32.1 Å². The van der Waals surface area contributed by atoms with E-state index >= 15 is 0 Å². The van der Waals surface area contributed by atoms with Gasteiger partial charge >= 0.3 is 0 Å². The first kappa shape index (κ1) is 17.9. The number of nitrogen functional groups attached to an aromatic ring is 1. The summed E-state index contributed by atoms with van der Waals surface area (Å²) in [5.74, 6) is 0.246. The number of carbonyl (C=O) groups excluding carboxylic acids is 1. The van der Waals surface area contributed by atoms with Crippen LogP contribution in [0.3, 0.4) is 0 Å². The Hall–Kier alpha value is -1.46. The van der Waals surface area contributed by atoms with Crippen molar-refractivity contribution in [2.45, 2.75) is 44.1 Å². The molecule has 1 aliphatic rings. The number of anilines is 1. The molecule has 1 amide bonds. The van der Waals surface area contributed by atoms with Gasteiger partial charge in [0.25, 0.3) is 5.91 Å². The Balaban J connectivity index is 1.98. The second-order valence-electron chi connectivity index (χ2n) is 6.17. The number of ether oxygens (including phenoxy) is 1. The van der Waals surface area contributed by atoms with Gasteiger partial charge in [0.05, 0.1) is 23.4 Å². The number of benzene rings is 1. The largest absolute Gasteiger partial charge is 0.496 e. The normalized spacial score (nSPS) is 16.8. The summed E-state index contributed by atoms with van der Waals surface area (Å²) in [4.78, 5) is 12.4. The molecule has 1 fully saturated rings. The summed E-state index contributed by atoms with van der Waals surface area (Å²) in [5, 5.41) is 6.78. The molecule has 0 spiro atoms. The molecule has 1 aromatic carbocycles. The fourth-order valence-corrected chi connectivity index (χ4v) is 3.44. The van der Waals surface area contributed by atoms with Crippen molar-refractivity contribution in [2.75, 3.05) is 26.4 Å². The maximum Gasteiger partial charge on any atom is 0.255 e. The van der Waals surface area contributed by atoms with Gasteiger partial charge in [0.1, 0.15) is 5.75 Å². The topological polar surface area (TPSA) is 76.4 Å². The van der Waals surface area contributed by atoms with E-state index in [4.69, 9.17) is 22.1 Å². The van der Waals surface area contributed by atoms with E-state index in [9.17, 15) is 4.79 Å². The van der Waals surface area contributed by atoms with Crippen molar-refractivity contribution in [3.8, 4) is 5.75 Å². The maximum absolute atomic E-state index is 12.4. The molecule has 0 atom stereocenters. The summed E-state index contributed by atoms with van der Waals surface area (Å²) in [6, 6.07) is 3.13. The molecular weight excluding hydrogens is 314 g/mol. The molecule has 0 radical (unpaired) electrons. The van der Waals surface area contributed by atoms with Crippen LogP contribution in [0.5, 0.6) is 5.75 Å². The predicted molar refractivity (Wildman–Crippen MR) is 94.2 cm³/mol. The highest BCUT2D eigenvalue weighted by Gasteiger charge is 2.29. The highest BCUT2D eigenvalue weighted by Crippen LogP contribution is 2.31. The van der Waals surface area contributed by atoms with Gasteiger partial charge in [-0.2, -0.15) is 0 Å². The molecule has 0 unspecified atom stereocenters. The number of amides is 1. The molecule has 23 heavy (non-hydrogen) atoms. The standard InChI is InChI=1S/C17H26ClN3O2/c1-20-17(6-4-3-5-7-17)8-9-21-16(22)12-10-13(18)14(19)11-15(12)23-2/h10-11,20H,3-9,19H2,1-2H3,(H,21,22). The van der Waals surface area contributed by atoms with Gasteiger partial charge in [0.15, 0.2) is 0 Å². The van der Waals surface area contributed by atoms with Crippen molar-refractivity contribution in [1.82, 2.24) is 10.6 Å². The van der Waals surface area contributed by atoms with E-state index in [1.807, 2.05) is 7.05 Å². The lowest BCUT2D eigenvalue weighted by Gasteiger charge is -2.37. The van der Waals surface area contributed by atoms with E-state index in [1.54, 1.807) is 12.1 Å². The fourth-order valence-electron chi connectivity index (χ4n) is 3.28. The summed E-state index contributed by atoms with van der Waals surface area (Å²) in [6.45, 7) is 0.616. The molecule has 128 valence electrons. The molecule has 2 rings (SSSR count). The number of rotatable bonds is 6. The molecule has 1 saturated carbocycles. The summed E-state index contributed by atoms with van der Waals surface area (Å²) >= 11 is 6.02. The number of hydrogen-bond acceptors (Lipinski definition) is 4. The zero-order valence-electron chi connectivity index (χ0n) is 13.9. The Morgan fingerprint density at radius 1 is 1.35 bits per heavy atom. The third-order valence-electron chi connectivity index (χ3n) is 4.79. The Kier molecular flexibility index (Phi) is 6.13. The first-order valence-electron chi connectivity index (χ1n) is 8.11. The van der Waals surface area contributed by atoms with E-state index in [0.29, 0.717) is 28.6 Å². The highest BCUT2D eigenvalue weighted by atomic mass is 35.5. The second kappa shape index (κ2) is 7.88. The fraction of sp³-hybridized carbons (Fsp3) is 0.588. The van der Waals surface area contributed by atoms with Gasteiger partial charge in [-0.3, -0.25) is 4.79 Å². The minimum Gasteiger partial charge on any atom is -0.496 e. The summed E-state index contributed by atoms with van der Waals surface area (Å²) in [7, 11) is 3.52. The zero-order valence-corrected chi connectivity index (χ0v) is 14.6. The zero-order chi connectivity index (χ0) is 16.9. The average molecular weight is 340 g/mol. The molecule has 0 heterocycles. The van der Waals surface area contributed by atoms with Gasteiger partial charge in [-0.05, 0) is 32.4 Å². The van der Waals surface area contributed by atoms with Crippen molar-refractivity contribution >= 4 is 23.2 Å². The summed E-state index contributed by atoms with van der Waals surface area (Å²) < 4.78 is 5.23. The second-order valence-corrected chi connectivity index (χ2v) is 6.58. The van der Waals surface area contributed by atoms with Crippen LogP contribution in [0.1, 0.15) is 48.9 Å². The Morgan fingerprint density at radius 2 is 2.04 bits per heavy atom. The third-order valence-corrected chi connectivity index (χ3v) is 5.12. The number of halogens is 1. The molecule has 1 aromatic rings. The van der Waals surface area contributed by atoms with Crippen molar-refractivity contribution in [1.29, 1.82) is 0 Å². The Labute approximate surface area is 142 Å². The van der Waals surface area contributed by atoms with Gasteiger partial charge < -0.3 is 21.1 Å². The monoisotopic (exact) mass is 339 g/mol. The van der Waals surface area contributed by atoms with Gasteiger partial charge in [0, 0.05) is 18.2 Å². The van der Waals surface area contributed by atoms with E-state index in [-0.39, 0.29) is 11.4 Å². The van der Waals surface area contributed by atoms with Gasteiger partial charge in [-0.15, -0.1) is 0 Å². The van der Waals surface area contributed by atoms with Crippen LogP contribution >= 0.6 is 11.6 Å². The van der Waals surface area contributed by atoms with Gasteiger partial charge in [0.2, 0.25) is 0 Å². The predicted octanol–water partition coefficient (Wildman–Crippen LogP) is 2.97. The molecule has 1 aliphatic carbocycles. The van der Waals surface area contributed by atoms with Crippen LogP contribution in [0.25, 0.3) is 0 Å². The quantitative estimate of drug-likeness (QED) is 0.696. The molecule has 0 saturated heterocycles. The number of methoxy groups -OCH3 is 1. The lowest BCUT2D eigenvalue weighted by Crippen LogP contribution is -2.47. The minimum atomic E-state index is -0.189. The molecule has 5 nitrogen and oxygen atoms in total. The van der Waals surface area contributed by atoms with Crippen molar-refractivity contribution < 1.29 is 9.53 Å². The van der Waals surface area contributed by atoms with Crippen LogP contribution in [0.15, 0.2) is 12.1 Å². The van der Waals surface area contributed by atoms with Crippen molar-refractivity contribution in [3.63, 3.8) is 0 Å². The van der Waals surface area contributed by atoms with Crippen LogP contribution in [0.4, 0.5) is 5.69 Å². The number of carbonyl (C=O) groups is 1. The first-order valence-corrected chi connectivity index (χ1v) is 8.49. The van der Waals surface area contributed by atoms with E-state index < -0.39 is 0 Å². The van der Waals surface area contributed by atoms with Crippen molar-refractivity contribution in [2.24, 2.45) is 0 Å². The molecular formula is C17H26ClN3O2. The van der Waals surface area contributed by atoms with E-state index in [0.717, 1.165) is 19.3 Å². The van der Waals surface area contributed by atoms with E-state index in [2.05, 4.69) is 10.6 Å². The first-order chi connectivity index (χ1) is 11.0. The SMILES string of the molecule is CNC1(CCNC(=O)c2cc(Cl)c(N)cc2OC)CCCCC1. The van der Waals surface area contributed by atoms with Crippen molar-refractivity contribution in [3.05, 3.63) is 22.7 Å². The molecule has 6 heteroatoms. The number of nitrogens with one attached hydrogen (secondary N) is 2. The Bertz CT molecular complexity index is 557. The van der Waals surface area contributed by atoms with E-state index in [1.165, 1.54) is 26.4 Å². The van der Waals surface area contributed by atoms with Gasteiger partial charge in [-0.25, -0.2) is 0 Å². The molecule has 0 aromatic heterocycles. The minimum absolute atomic E-state index is 0.147. The smallest absolute Gasteiger partial charge is 0.255 e. The number of hydrogen-bond donors (Lipinski definition) is 3. The van der Waals surface area contributed by atoms with Gasteiger partial charge in [-0.1, -0.05) is 30.9 Å². The maximum atomic E-state index is 12.4. The van der Waals surface area contributed by atoms with Crippen LogP contribution < -0.4 is 21.1 Å². The number of nitrogens with two attached hydrogens (primary N) is 1. The van der Waals surface area contributed by atoms with Crippen LogP contribution in [0, 0.1) is 0 Å². The van der Waals surface area contributed by atoms with Crippen LogP contribution in [0.2, 0.25) is 5.02 Å². The molecule has 0 bridgehead atoms. The lowest BCUT2D eigenvalue weighted by molar-refractivity contribution is 0.0944. The summed E-state index contributed by atoms with van der Waals surface area (Å²) in [5.41, 5.74) is 6.70. The highest BCUT2D eigenvalue weighted by molar-refractivity contribution is 6.33. The molecule has 4 N–H and O–H groups in total.